The SMILES string of the molecule is Cn1c(C2COc3ccccc3C2)n[nH]c1=S. The molecule has 0 aliphatic carbocycles. The highest BCUT2D eigenvalue weighted by Crippen LogP contribution is 2.31. The Hall–Kier alpha value is -1.62. The van der Waals surface area contributed by atoms with Gasteiger partial charge in [0, 0.05) is 7.05 Å². The summed E-state index contributed by atoms with van der Waals surface area (Å²) in [5, 5.41) is 7.10. The summed E-state index contributed by atoms with van der Waals surface area (Å²) in [6, 6.07) is 8.14. The molecule has 0 fully saturated rings. The lowest BCUT2D eigenvalue weighted by Gasteiger charge is -2.24. The molecule has 88 valence electrons. The molecule has 0 saturated heterocycles. The largest absolute Gasteiger partial charge is 0.493 e. The Labute approximate surface area is 104 Å². The molecule has 2 aromatic rings. The van der Waals surface area contributed by atoms with Crippen LogP contribution in [0.2, 0.25) is 0 Å². The van der Waals surface area contributed by atoms with Crippen LogP contribution in [0.5, 0.6) is 5.75 Å². The molecule has 0 saturated carbocycles. The minimum atomic E-state index is 0.267. The fourth-order valence-electron chi connectivity index (χ4n) is 2.22. The minimum Gasteiger partial charge on any atom is -0.493 e. The first-order chi connectivity index (χ1) is 8.25. The van der Waals surface area contributed by atoms with E-state index < -0.39 is 0 Å². The van der Waals surface area contributed by atoms with Gasteiger partial charge in [-0.3, -0.25) is 5.10 Å². The number of fused-ring (bicyclic) bond motifs is 1. The van der Waals surface area contributed by atoms with Gasteiger partial charge in [0.25, 0.3) is 0 Å². The zero-order chi connectivity index (χ0) is 11.8. The van der Waals surface area contributed by atoms with Crippen LogP contribution in [0.1, 0.15) is 17.3 Å². The van der Waals surface area contributed by atoms with Crippen LogP contribution in [0.3, 0.4) is 0 Å². The van der Waals surface area contributed by atoms with Crippen molar-refractivity contribution in [2.45, 2.75) is 12.3 Å². The Morgan fingerprint density at radius 3 is 3.06 bits per heavy atom. The van der Waals surface area contributed by atoms with Crippen molar-refractivity contribution in [2.75, 3.05) is 6.61 Å². The van der Waals surface area contributed by atoms with Crippen molar-refractivity contribution < 1.29 is 4.74 Å². The first-order valence-electron chi connectivity index (χ1n) is 5.57. The molecular weight excluding hydrogens is 234 g/mol. The number of H-pyrrole nitrogens is 1. The molecule has 1 N–H and O–H groups in total. The van der Waals surface area contributed by atoms with Gasteiger partial charge in [0.2, 0.25) is 0 Å². The van der Waals surface area contributed by atoms with Crippen molar-refractivity contribution in [3.63, 3.8) is 0 Å². The highest BCUT2D eigenvalue weighted by atomic mass is 32.1. The van der Waals surface area contributed by atoms with E-state index in [1.54, 1.807) is 0 Å². The van der Waals surface area contributed by atoms with Gasteiger partial charge in [0.1, 0.15) is 11.6 Å². The second-order valence-corrected chi connectivity index (χ2v) is 4.65. The summed E-state index contributed by atoms with van der Waals surface area (Å²) in [5.41, 5.74) is 1.23. The van der Waals surface area contributed by atoms with E-state index in [0.29, 0.717) is 11.4 Å². The zero-order valence-corrected chi connectivity index (χ0v) is 10.3. The lowest BCUT2D eigenvalue weighted by Crippen LogP contribution is -2.21. The normalized spacial score (nSPS) is 18.5. The second kappa shape index (κ2) is 4.00. The van der Waals surface area contributed by atoms with E-state index in [9.17, 15) is 0 Å². The predicted octanol–water partition coefficient (Wildman–Crippen LogP) is 2.20. The Balaban J connectivity index is 1.94. The standard InChI is InChI=1S/C12H13N3OS/c1-15-11(13-14-12(15)17)9-6-8-4-2-3-5-10(8)16-7-9/h2-5,9H,6-7H2,1H3,(H,14,17). The molecule has 1 aromatic carbocycles. The number of benzene rings is 1. The van der Waals surface area contributed by atoms with Crippen molar-refractivity contribution in [1.29, 1.82) is 0 Å². The number of para-hydroxylation sites is 1. The van der Waals surface area contributed by atoms with Gasteiger partial charge in [-0.15, -0.1) is 0 Å². The molecule has 1 aromatic heterocycles. The summed E-state index contributed by atoms with van der Waals surface area (Å²) in [6.45, 7) is 0.657. The smallest absolute Gasteiger partial charge is 0.194 e. The molecule has 0 bridgehead atoms. The predicted molar refractivity (Wildman–Crippen MR) is 66.8 cm³/mol. The van der Waals surface area contributed by atoms with Crippen molar-refractivity contribution in [1.82, 2.24) is 14.8 Å². The molecule has 0 radical (unpaired) electrons. The number of nitrogens with zero attached hydrogens (tertiary/aromatic N) is 2. The number of nitrogens with one attached hydrogen (secondary N) is 1. The number of rotatable bonds is 1. The molecule has 1 unspecified atom stereocenters. The molecule has 2 heterocycles. The number of aromatic nitrogens is 3. The van der Waals surface area contributed by atoms with Crippen LogP contribution in [-0.4, -0.2) is 21.4 Å². The van der Waals surface area contributed by atoms with Gasteiger partial charge in [-0.2, -0.15) is 5.10 Å². The van der Waals surface area contributed by atoms with Crippen molar-refractivity contribution in [3.8, 4) is 5.75 Å². The van der Waals surface area contributed by atoms with Gasteiger partial charge in [0.05, 0.1) is 12.5 Å². The maximum absolute atomic E-state index is 5.75. The number of hydrogen-bond donors (Lipinski definition) is 1. The summed E-state index contributed by atoms with van der Waals surface area (Å²) in [7, 11) is 1.93. The molecule has 3 rings (SSSR count). The van der Waals surface area contributed by atoms with E-state index in [-0.39, 0.29) is 5.92 Å². The minimum absolute atomic E-state index is 0.267. The Morgan fingerprint density at radius 1 is 1.47 bits per heavy atom. The van der Waals surface area contributed by atoms with Gasteiger partial charge in [0.15, 0.2) is 4.77 Å². The summed E-state index contributed by atoms with van der Waals surface area (Å²) in [5.74, 6) is 2.22. The average molecular weight is 247 g/mol. The Bertz CT molecular complexity index is 602. The van der Waals surface area contributed by atoms with Crippen molar-refractivity contribution >= 4 is 12.2 Å². The molecule has 1 aliphatic rings. The van der Waals surface area contributed by atoms with E-state index in [1.165, 1.54) is 5.56 Å². The fraction of sp³-hybridized carbons (Fsp3) is 0.333. The van der Waals surface area contributed by atoms with Gasteiger partial charge < -0.3 is 9.30 Å². The molecule has 1 atom stereocenters. The Morgan fingerprint density at radius 2 is 2.29 bits per heavy atom. The van der Waals surface area contributed by atoms with Gasteiger partial charge in [-0.1, -0.05) is 18.2 Å². The molecule has 5 heteroatoms. The summed E-state index contributed by atoms with van der Waals surface area (Å²) >= 11 is 5.13. The molecule has 0 amide bonds. The van der Waals surface area contributed by atoms with Gasteiger partial charge in [-0.25, -0.2) is 0 Å². The van der Waals surface area contributed by atoms with Crippen molar-refractivity contribution in [2.24, 2.45) is 7.05 Å². The van der Waals surface area contributed by atoms with Crippen LogP contribution in [0.15, 0.2) is 24.3 Å². The quantitative estimate of drug-likeness (QED) is 0.786. The highest BCUT2D eigenvalue weighted by Gasteiger charge is 2.24. The Kier molecular flexibility index (Phi) is 2.48. The van der Waals surface area contributed by atoms with Crippen LogP contribution >= 0.6 is 12.2 Å². The van der Waals surface area contributed by atoms with Crippen LogP contribution < -0.4 is 4.74 Å². The average Bonchev–Trinajstić information content (AvgIpc) is 2.70. The summed E-state index contributed by atoms with van der Waals surface area (Å²) < 4.78 is 8.32. The maximum atomic E-state index is 5.75. The topological polar surface area (TPSA) is 42.8 Å². The van der Waals surface area contributed by atoms with Crippen LogP contribution in [0.25, 0.3) is 0 Å². The third-order valence-electron chi connectivity index (χ3n) is 3.16. The van der Waals surface area contributed by atoms with Crippen molar-refractivity contribution in [3.05, 3.63) is 40.4 Å². The van der Waals surface area contributed by atoms with Gasteiger partial charge in [-0.05, 0) is 30.3 Å². The molecule has 0 spiro atoms. The highest BCUT2D eigenvalue weighted by molar-refractivity contribution is 7.71. The third kappa shape index (κ3) is 1.76. The van der Waals surface area contributed by atoms with Crippen LogP contribution in [-0.2, 0) is 13.5 Å². The molecule has 4 nitrogen and oxygen atoms in total. The summed E-state index contributed by atoms with van der Waals surface area (Å²) in [6.07, 6.45) is 0.948. The van der Waals surface area contributed by atoms with E-state index in [2.05, 4.69) is 16.3 Å². The number of hydrogen-bond acceptors (Lipinski definition) is 3. The van der Waals surface area contributed by atoms with Crippen LogP contribution in [0.4, 0.5) is 0 Å². The lowest BCUT2D eigenvalue weighted by atomic mass is 9.96. The molecule has 1 aliphatic heterocycles. The number of aromatic amines is 1. The van der Waals surface area contributed by atoms with E-state index in [4.69, 9.17) is 17.0 Å². The first kappa shape index (κ1) is 10.5. The lowest BCUT2D eigenvalue weighted by molar-refractivity contribution is 0.255. The molecular formula is C12H13N3OS. The second-order valence-electron chi connectivity index (χ2n) is 4.27. The van der Waals surface area contributed by atoms with E-state index in [1.807, 2.05) is 29.8 Å². The molecule has 17 heavy (non-hydrogen) atoms. The van der Waals surface area contributed by atoms with Gasteiger partial charge >= 0.3 is 0 Å². The first-order valence-corrected chi connectivity index (χ1v) is 5.98. The zero-order valence-electron chi connectivity index (χ0n) is 9.51. The fourth-order valence-corrected chi connectivity index (χ4v) is 2.36. The van der Waals surface area contributed by atoms with E-state index >= 15 is 0 Å². The van der Waals surface area contributed by atoms with Crippen LogP contribution in [0, 0.1) is 4.77 Å². The monoisotopic (exact) mass is 247 g/mol. The van der Waals surface area contributed by atoms with E-state index in [0.717, 1.165) is 18.0 Å². The third-order valence-corrected chi connectivity index (χ3v) is 3.52. The number of ether oxygens (including phenoxy) is 1. The summed E-state index contributed by atoms with van der Waals surface area (Å²) in [4.78, 5) is 0. The maximum Gasteiger partial charge on any atom is 0.194 e.